The summed E-state index contributed by atoms with van der Waals surface area (Å²) in [5, 5.41) is 4.35. The predicted octanol–water partition coefficient (Wildman–Crippen LogP) is 3.40. The molecular weight excluding hydrogens is 370 g/mol. The topological polar surface area (TPSA) is 100 Å². The number of aryl methyl sites for hydroxylation is 2. The average molecular weight is 388 g/mol. The molecule has 3 rings (SSSR count). The molecule has 27 heavy (non-hydrogen) atoms. The van der Waals surface area contributed by atoms with Gasteiger partial charge < -0.3 is 15.0 Å². The number of hydrogen-bond donors (Lipinski definition) is 1. The molecule has 0 aliphatic heterocycles. The molecular formula is C19H18ClN3O4. The molecule has 0 fully saturated rings. The van der Waals surface area contributed by atoms with E-state index in [0.29, 0.717) is 22.2 Å². The van der Waals surface area contributed by atoms with Gasteiger partial charge in [0.15, 0.2) is 12.4 Å². The lowest BCUT2D eigenvalue weighted by Crippen LogP contribution is -2.17. The van der Waals surface area contributed by atoms with Gasteiger partial charge in [0.25, 0.3) is 5.91 Å². The summed E-state index contributed by atoms with van der Waals surface area (Å²) < 4.78 is 12.5. The number of carbonyl (C=O) groups excluding carboxylic acids is 2. The van der Waals surface area contributed by atoms with Gasteiger partial charge in [0.05, 0.1) is 5.56 Å². The van der Waals surface area contributed by atoms with Gasteiger partial charge in [0.1, 0.15) is 11.5 Å². The second kappa shape index (κ2) is 7.28. The number of amides is 1. The van der Waals surface area contributed by atoms with Crippen LogP contribution in [0, 0.1) is 20.8 Å². The smallest absolute Gasteiger partial charge is 0.252 e. The van der Waals surface area contributed by atoms with Gasteiger partial charge >= 0.3 is 0 Å². The summed E-state index contributed by atoms with van der Waals surface area (Å²) in [6.07, 6.45) is 0. The Morgan fingerprint density at radius 3 is 2.56 bits per heavy atom. The van der Waals surface area contributed by atoms with E-state index in [1.54, 1.807) is 25.1 Å². The van der Waals surface area contributed by atoms with Gasteiger partial charge in [-0.05, 0) is 45.0 Å². The number of benzene rings is 1. The van der Waals surface area contributed by atoms with Crippen LogP contribution < -0.4 is 10.5 Å². The molecule has 0 saturated heterocycles. The number of carbonyl (C=O) groups is 2. The summed E-state index contributed by atoms with van der Waals surface area (Å²) >= 11 is 5.87. The van der Waals surface area contributed by atoms with Gasteiger partial charge in [-0.25, -0.2) is 0 Å². The first-order valence-corrected chi connectivity index (χ1v) is 8.53. The maximum absolute atomic E-state index is 12.7. The van der Waals surface area contributed by atoms with Crippen molar-refractivity contribution >= 4 is 23.3 Å². The highest BCUT2D eigenvalue weighted by Gasteiger charge is 2.20. The zero-order valence-corrected chi connectivity index (χ0v) is 15.8. The van der Waals surface area contributed by atoms with Crippen LogP contribution in [0.5, 0.6) is 5.75 Å². The first-order valence-electron chi connectivity index (χ1n) is 8.16. The Hall–Kier alpha value is -3.06. The normalized spacial score (nSPS) is 10.8. The Morgan fingerprint density at radius 2 is 1.93 bits per heavy atom. The number of ether oxygens (including phenoxy) is 1. The number of aromatic nitrogens is 2. The van der Waals surface area contributed by atoms with Gasteiger partial charge in [0, 0.05) is 28.0 Å². The van der Waals surface area contributed by atoms with E-state index >= 15 is 0 Å². The fraction of sp³-hybridized carbons (Fsp3) is 0.211. The standard InChI is InChI=1S/C19H18ClN3O4/c1-10-6-14(12(3)23(10)18-7-11(2)27-22-18)16(24)9-26-17-5-4-13(20)8-15(17)19(21)25/h4-8H,9H2,1-3H3,(H2,21,25). The van der Waals surface area contributed by atoms with Crippen molar-refractivity contribution in [1.82, 2.24) is 9.72 Å². The third-order valence-corrected chi connectivity index (χ3v) is 4.38. The Kier molecular flexibility index (Phi) is 5.05. The van der Waals surface area contributed by atoms with Crippen LogP contribution in [0.1, 0.15) is 37.9 Å². The van der Waals surface area contributed by atoms with Crippen LogP contribution in [-0.4, -0.2) is 28.0 Å². The van der Waals surface area contributed by atoms with Crippen LogP contribution in [0.3, 0.4) is 0 Å². The molecule has 1 amide bonds. The molecule has 0 bridgehead atoms. The van der Waals surface area contributed by atoms with Crippen molar-refractivity contribution in [3.05, 3.63) is 63.6 Å². The molecule has 2 heterocycles. The van der Waals surface area contributed by atoms with E-state index in [9.17, 15) is 9.59 Å². The third kappa shape index (κ3) is 3.73. The van der Waals surface area contributed by atoms with Crippen LogP contribution in [0.15, 0.2) is 34.9 Å². The summed E-state index contributed by atoms with van der Waals surface area (Å²) in [6.45, 7) is 5.25. The van der Waals surface area contributed by atoms with E-state index < -0.39 is 5.91 Å². The number of nitrogens with zero attached hydrogens (tertiary/aromatic N) is 2. The first-order chi connectivity index (χ1) is 12.8. The lowest BCUT2D eigenvalue weighted by atomic mass is 10.1. The molecule has 0 spiro atoms. The molecule has 0 radical (unpaired) electrons. The zero-order chi connectivity index (χ0) is 19.7. The Morgan fingerprint density at radius 1 is 1.19 bits per heavy atom. The number of halogens is 1. The van der Waals surface area contributed by atoms with Crippen molar-refractivity contribution in [3.8, 4) is 11.6 Å². The minimum Gasteiger partial charge on any atom is -0.485 e. The van der Waals surface area contributed by atoms with Crippen molar-refractivity contribution in [2.45, 2.75) is 20.8 Å². The maximum Gasteiger partial charge on any atom is 0.252 e. The summed E-state index contributed by atoms with van der Waals surface area (Å²) in [6, 6.07) is 8.03. The zero-order valence-electron chi connectivity index (χ0n) is 15.1. The monoisotopic (exact) mass is 387 g/mol. The van der Waals surface area contributed by atoms with Crippen LogP contribution >= 0.6 is 11.6 Å². The molecule has 0 aliphatic carbocycles. The van der Waals surface area contributed by atoms with Crippen molar-refractivity contribution in [3.63, 3.8) is 0 Å². The minimum atomic E-state index is -0.681. The summed E-state index contributed by atoms with van der Waals surface area (Å²) in [5.74, 6) is 0.576. The fourth-order valence-electron chi connectivity index (χ4n) is 2.90. The molecule has 2 N–H and O–H groups in total. The Labute approximate surface area is 160 Å². The Bertz CT molecular complexity index is 1040. The van der Waals surface area contributed by atoms with Crippen LogP contribution in [0.2, 0.25) is 5.02 Å². The van der Waals surface area contributed by atoms with Gasteiger partial charge in [-0.3, -0.25) is 14.2 Å². The van der Waals surface area contributed by atoms with E-state index in [1.807, 2.05) is 18.4 Å². The largest absolute Gasteiger partial charge is 0.485 e. The Balaban J connectivity index is 1.83. The predicted molar refractivity (Wildman–Crippen MR) is 99.8 cm³/mol. The summed E-state index contributed by atoms with van der Waals surface area (Å²) in [7, 11) is 0. The van der Waals surface area contributed by atoms with Crippen LogP contribution in [0.4, 0.5) is 0 Å². The van der Waals surface area contributed by atoms with E-state index in [1.165, 1.54) is 12.1 Å². The van der Waals surface area contributed by atoms with Crippen molar-refractivity contribution in [1.29, 1.82) is 0 Å². The van der Waals surface area contributed by atoms with E-state index in [0.717, 1.165) is 11.4 Å². The van der Waals surface area contributed by atoms with Gasteiger partial charge in [0.2, 0.25) is 5.78 Å². The van der Waals surface area contributed by atoms with Gasteiger partial charge in [-0.15, -0.1) is 0 Å². The number of primary amides is 1. The molecule has 140 valence electrons. The van der Waals surface area contributed by atoms with E-state index in [-0.39, 0.29) is 23.7 Å². The summed E-state index contributed by atoms with van der Waals surface area (Å²) in [5.41, 5.74) is 7.52. The quantitative estimate of drug-likeness (QED) is 0.653. The van der Waals surface area contributed by atoms with Gasteiger partial charge in [-0.2, -0.15) is 0 Å². The summed E-state index contributed by atoms with van der Waals surface area (Å²) in [4.78, 5) is 24.2. The second-order valence-electron chi connectivity index (χ2n) is 6.13. The number of hydrogen-bond acceptors (Lipinski definition) is 5. The third-order valence-electron chi connectivity index (χ3n) is 4.14. The van der Waals surface area contributed by atoms with E-state index in [4.69, 9.17) is 26.6 Å². The molecule has 7 nitrogen and oxygen atoms in total. The first kappa shape index (κ1) is 18.7. The second-order valence-corrected chi connectivity index (χ2v) is 6.57. The van der Waals surface area contributed by atoms with Crippen LogP contribution in [0.25, 0.3) is 5.82 Å². The van der Waals surface area contributed by atoms with Crippen molar-refractivity contribution in [2.24, 2.45) is 5.73 Å². The highest BCUT2D eigenvalue weighted by atomic mass is 35.5. The molecule has 1 aromatic carbocycles. The molecule has 0 atom stereocenters. The lowest BCUT2D eigenvalue weighted by Gasteiger charge is -2.10. The SMILES string of the molecule is Cc1cc(-n2c(C)cc(C(=O)COc3ccc(Cl)cc3C(N)=O)c2C)no1. The van der Waals surface area contributed by atoms with Crippen molar-refractivity contribution in [2.75, 3.05) is 6.61 Å². The minimum absolute atomic E-state index is 0.124. The molecule has 0 aliphatic rings. The maximum atomic E-state index is 12.7. The molecule has 8 heteroatoms. The molecule has 3 aromatic rings. The van der Waals surface area contributed by atoms with Crippen molar-refractivity contribution < 1.29 is 18.8 Å². The number of ketones is 1. The fourth-order valence-corrected chi connectivity index (χ4v) is 3.07. The average Bonchev–Trinajstić information content (AvgIpc) is 3.16. The van der Waals surface area contributed by atoms with Gasteiger partial charge in [-0.1, -0.05) is 16.8 Å². The highest BCUT2D eigenvalue weighted by molar-refractivity contribution is 6.31. The van der Waals surface area contributed by atoms with Crippen LogP contribution in [-0.2, 0) is 0 Å². The molecule has 0 saturated carbocycles. The van der Waals surface area contributed by atoms with E-state index in [2.05, 4.69) is 5.16 Å². The molecule has 0 unspecified atom stereocenters. The number of nitrogens with two attached hydrogens (primary N) is 1. The molecule has 2 aromatic heterocycles. The number of rotatable bonds is 6. The number of Topliss-reactive ketones (excluding diaryl/α,β-unsaturated/α-hetero) is 1. The lowest BCUT2D eigenvalue weighted by molar-refractivity contribution is 0.0911. The highest BCUT2D eigenvalue weighted by Crippen LogP contribution is 2.24.